The third kappa shape index (κ3) is 2.87. The van der Waals surface area contributed by atoms with Crippen molar-refractivity contribution in [2.75, 3.05) is 11.9 Å². The Hall–Kier alpha value is -2.39. The summed E-state index contributed by atoms with van der Waals surface area (Å²) in [7, 11) is 0. The van der Waals surface area contributed by atoms with Crippen LogP contribution in [0.25, 0.3) is 0 Å². The third-order valence-corrected chi connectivity index (χ3v) is 3.23. The van der Waals surface area contributed by atoms with Gasteiger partial charge in [0.15, 0.2) is 11.8 Å². The van der Waals surface area contributed by atoms with E-state index in [2.05, 4.69) is 0 Å². The summed E-state index contributed by atoms with van der Waals surface area (Å²) in [6.45, 7) is 2.74. The molecule has 2 rings (SSSR count). The van der Waals surface area contributed by atoms with Crippen LogP contribution in [0, 0.1) is 6.92 Å². The highest BCUT2D eigenvalue weighted by Gasteiger charge is 2.64. The lowest BCUT2D eigenvalue weighted by Crippen LogP contribution is -2.47. The van der Waals surface area contributed by atoms with E-state index >= 15 is 0 Å². The zero-order chi connectivity index (χ0) is 18.3. The van der Waals surface area contributed by atoms with E-state index in [0.29, 0.717) is 0 Å². The fraction of sp³-hybridized carbons (Fsp3) is 0.429. The minimum Gasteiger partial charge on any atom is -0.488 e. The van der Waals surface area contributed by atoms with Crippen LogP contribution in [-0.4, -0.2) is 18.7 Å². The lowest BCUT2D eigenvalue weighted by molar-refractivity contribution is -0.290. The molecule has 0 fully saturated rings. The summed E-state index contributed by atoms with van der Waals surface area (Å²) in [5, 5.41) is 1.77. The van der Waals surface area contributed by atoms with Gasteiger partial charge >= 0.3 is 12.1 Å². The number of furan rings is 1. The van der Waals surface area contributed by atoms with Crippen LogP contribution in [0.1, 0.15) is 24.5 Å². The largest absolute Gasteiger partial charge is 0.488 e. The molecule has 0 saturated carbocycles. The molecule has 1 aromatic heterocycles. The van der Waals surface area contributed by atoms with Gasteiger partial charge in [-0.05, 0) is 26.0 Å². The Kier molecular flexibility index (Phi) is 4.42. The van der Waals surface area contributed by atoms with Crippen molar-refractivity contribution >= 4 is 5.69 Å². The first-order chi connectivity index (χ1) is 11.0. The Bertz CT molecular complexity index is 801. The number of ether oxygens (including phenoxy) is 1. The second-order valence-electron chi connectivity index (χ2n) is 4.94. The zero-order valence-electron chi connectivity index (χ0n) is 12.5. The molecule has 5 nitrogen and oxygen atoms in total. The molecule has 1 aromatic carbocycles. The van der Waals surface area contributed by atoms with Crippen molar-refractivity contribution in [3.8, 4) is 5.75 Å². The normalized spacial score (nSPS) is 14.0. The number of aryl methyl sites for hydroxylation is 1. The standard InChI is InChI=1S/C14H12F5NO4/c1-3-23-11-8(9(21)10(11)22)20-12(7-5-4-6(2)24-7)13(15,16)14(17,18)19/h4-5,12,20H,3H2,1-2H3/t12-/m0/s1. The predicted octanol–water partition coefficient (Wildman–Crippen LogP) is 2.93. The van der Waals surface area contributed by atoms with Gasteiger partial charge in [-0.3, -0.25) is 9.59 Å². The number of anilines is 1. The Labute approximate surface area is 131 Å². The van der Waals surface area contributed by atoms with Crippen molar-refractivity contribution in [1.29, 1.82) is 0 Å². The molecule has 0 aliphatic carbocycles. The first kappa shape index (κ1) is 18.0. The number of nitrogens with one attached hydrogen (secondary N) is 1. The molecule has 0 amide bonds. The van der Waals surface area contributed by atoms with Crippen LogP contribution in [0.15, 0.2) is 26.1 Å². The topological polar surface area (TPSA) is 68.5 Å². The summed E-state index contributed by atoms with van der Waals surface area (Å²) in [5.41, 5.74) is -3.06. The summed E-state index contributed by atoms with van der Waals surface area (Å²) >= 11 is 0. The highest BCUT2D eigenvalue weighted by atomic mass is 19.4. The molecule has 24 heavy (non-hydrogen) atoms. The molecule has 1 atom stereocenters. The first-order valence-electron chi connectivity index (χ1n) is 6.74. The van der Waals surface area contributed by atoms with E-state index in [-0.39, 0.29) is 12.4 Å². The summed E-state index contributed by atoms with van der Waals surface area (Å²) in [6.07, 6.45) is -5.91. The minimum atomic E-state index is -5.91. The Balaban J connectivity index is 2.48. The van der Waals surface area contributed by atoms with Crippen LogP contribution >= 0.6 is 0 Å². The molecule has 10 heteroatoms. The van der Waals surface area contributed by atoms with Gasteiger partial charge in [-0.25, -0.2) is 0 Å². The Morgan fingerprint density at radius 3 is 2.25 bits per heavy atom. The van der Waals surface area contributed by atoms with E-state index in [0.717, 1.165) is 6.07 Å². The lowest BCUT2D eigenvalue weighted by Gasteiger charge is -2.29. The maximum atomic E-state index is 13.8. The van der Waals surface area contributed by atoms with Gasteiger partial charge in [-0.2, -0.15) is 22.0 Å². The van der Waals surface area contributed by atoms with Crippen LogP contribution < -0.4 is 20.9 Å². The molecule has 1 heterocycles. The molecule has 0 spiro atoms. The fourth-order valence-corrected chi connectivity index (χ4v) is 2.04. The van der Waals surface area contributed by atoms with E-state index in [9.17, 15) is 31.5 Å². The van der Waals surface area contributed by atoms with Crippen LogP contribution in [0.5, 0.6) is 5.75 Å². The molecule has 0 saturated heterocycles. The van der Waals surface area contributed by atoms with Gasteiger partial charge in [0.05, 0.1) is 6.61 Å². The molecule has 0 unspecified atom stereocenters. The number of rotatable bonds is 6. The quantitative estimate of drug-likeness (QED) is 0.639. The van der Waals surface area contributed by atoms with Gasteiger partial charge in [0.1, 0.15) is 17.2 Å². The van der Waals surface area contributed by atoms with Gasteiger partial charge in [-0.1, -0.05) is 0 Å². The van der Waals surface area contributed by atoms with E-state index in [1.165, 1.54) is 19.9 Å². The van der Waals surface area contributed by atoms with E-state index < -0.39 is 46.2 Å². The highest BCUT2D eigenvalue weighted by molar-refractivity contribution is 5.63. The van der Waals surface area contributed by atoms with E-state index in [1.807, 2.05) is 0 Å². The zero-order valence-corrected chi connectivity index (χ0v) is 12.5. The summed E-state index contributed by atoms with van der Waals surface area (Å²) < 4.78 is 75.5. The molecular weight excluding hydrogens is 341 g/mol. The highest BCUT2D eigenvalue weighted by Crippen LogP contribution is 2.46. The number of hydrogen-bond acceptors (Lipinski definition) is 5. The first-order valence-corrected chi connectivity index (χ1v) is 6.74. The monoisotopic (exact) mass is 353 g/mol. The van der Waals surface area contributed by atoms with Gasteiger partial charge in [0, 0.05) is 0 Å². The number of alkyl halides is 5. The molecule has 132 valence electrons. The second kappa shape index (κ2) is 5.91. The van der Waals surface area contributed by atoms with Gasteiger partial charge in [0.25, 0.3) is 10.9 Å². The van der Waals surface area contributed by atoms with E-state index in [4.69, 9.17) is 9.15 Å². The van der Waals surface area contributed by atoms with Gasteiger partial charge in [-0.15, -0.1) is 0 Å². The number of halogens is 5. The fourth-order valence-electron chi connectivity index (χ4n) is 2.04. The van der Waals surface area contributed by atoms with Crippen LogP contribution in [-0.2, 0) is 0 Å². The molecule has 0 bridgehead atoms. The summed E-state index contributed by atoms with van der Waals surface area (Å²) in [6, 6.07) is -0.602. The molecule has 0 aliphatic rings. The maximum Gasteiger partial charge on any atom is 0.456 e. The molecule has 0 radical (unpaired) electrons. The van der Waals surface area contributed by atoms with E-state index in [1.54, 1.807) is 5.32 Å². The Morgan fingerprint density at radius 1 is 1.17 bits per heavy atom. The van der Waals surface area contributed by atoms with Crippen molar-refractivity contribution in [1.82, 2.24) is 0 Å². The molecule has 2 aromatic rings. The SMILES string of the molecule is CCOc1c(N[C@@H](c2ccc(C)o2)C(F)(F)C(F)(F)F)c(=O)c1=O. The van der Waals surface area contributed by atoms with Crippen LogP contribution in [0.3, 0.4) is 0 Å². The number of hydrogen-bond donors (Lipinski definition) is 1. The van der Waals surface area contributed by atoms with Crippen LogP contribution in [0.2, 0.25) is 0 Å². The average Bonchev–Trinajstić information content (AvgIpc) is 2.90. The Morgan fingerprint density at radius 2 is 1.79 bits per heavy atom. The van der Waals surface area contributed by atoms with Crippen molar-refractivity contribution in [3.63, 3.8) is 0 Å². The van der Waals surface area contributed by atoms with Gasteiger partial charge < -0.3 is 14.5 Å². The van der Waals surface area contributed by atoms with Crippen LogP contribution in [0.4, 0.5) is 27.6 Å². The molecule has 0 aliphatic heterocycles. The maximum absolute atomic E-state index is 13.8. The second-order valence-corrected chi connectivity index (χ2v) is 4.94. The van der Waals surface area contributed by atoms with Crippen molar-refractivity contribution in [3.05, 3.63) is 44.1 Å². The van der Waals surface area contributed by atoms with Gasteiger partial charge in [0.2, 0.25) is 0 Å². The molecule has 1 N–H and O–H groups in total. The van der Waals surface area contributed by atoms with Crippen molar-refractivity contribution < 1.29 is 31.1 Å². The third-order valence-electron chi connectivity index (χ3n) is 3.23. The lowest BCUT2D eigenvalue weighted by atomic mass is 10.0. The average molecular weight is 353 g/mol. The summed E-state index contributed by atoms with van der Waals surface area (Å²) in [4.78, 5) is 22.8. The summed E-state index contributed by atoms with van der Waals surface area (Å²) in [5.74, 6) is -6.47. The predicted molar refractivity (Wildman–Crippen MR) is 73.3 cm³/mol. The smallest absolute Gasteiger partial charge is 0.456 e. The van der Waals surface area contributed by atoms with Crippen molar-refractivity contribution in [2.45, 2.75) is 32.0 Å². The van der Waals surface area contributed by atoms with Crippen molar-refractivity contribution in [2.24, 2.45) is 0 Å². The molecular formula is C14H12F5NO4. The minimum absolute atomic E-state index is 0.0697.